The largest absolute Gasteiger partial charge is 0.318 e. The van der Waals surface area contributed by atoms with Crippen molar-refractivity contribution < 1.29 is 0 Å². The average molecular weight is 914 g/mol. The maximum atomic E-state index is 9.80. The molecule has 0 N–H and O–H groups in total. The molecule has 0 aliphatic heterocycles. The molecular formula is C67H39N5. The Balaban J connectivity index is 1.22. The molecule has 0 atom stereocenters. The van der Waals surface area contributed by atoms with Crippen molar-refractivity contribution in [1.29, 1.82) is 0 Å². The number of hydrogen-bond donors (Lipinski definition) is 0. The molecule has 5 heterocycles. The Morgan fingerprint density at radius 2 is 0.639 bits per heavy atom. The van der Waals surface area contributed by atoms with Crippen LogP contribution in [0.1, 0.15) is 0 Å². The third-order valence-corrected chi connectivity index (χ3v) is 15.5. The van der Waals surface area contributed by atoms with E-state index in [-0.39, 0.29) is 0 Å². The van der Waals surface area contributed by atoms with Gasteiger partial charge in [0.05, 0.1) is 73.3 Å². The molecule has 0 aliphatic carbocycles. The number of fused-ring (bicyclic) bond motifs is 15. The third kappa shape index (κ3) is 5.09. The van der Waals surface area contributed by atoms with E-state index in [9.17, 15) is 6.57 Å². The molecule has 16 rings (SSSR count). The number of aromatic nitrogens is 4. The van der Waals surface area contributed by atoms with Crippen LogP contribution in [0, 0.1) is 6.57 Å². The van der Waals surface area contributed by atoms with Gasteiger partial charge < -0.3 is 18.1 Å². The van der Waals surface area contributed by atoms with Gasteiger partial charge >= 0.3 is 0 Å². The summed E-state index contributed by atoms with van der Waals surface area (Å²) in [4.78, 5) is 4.88. The molecule has 0 aliphatic rings. The predicted octanol–water partition coefficient (Wildman–Crippen LogP) is 18.0. The SMILES string of the molecule is [C-]#[N+]c1c(-n2c3ccccc3c3ccccc32)c(-n2c3ccc(-c4ccccc4)cc3c3cc(-c4ccccc4)ccc32)c2c(c1-n1c3ccccc3c3ccccc31)c1cccc3c4ccccc4n2c31. The lowest BCUT2D eigenvalue weighted by Crippen LogP contribution is -2.09. The summed E-state index contributed by atoms with van der Waals surface area (Å²) in [6, 6.07) is 85.7. The van der Waals surface area contributed by atoms with Crippen molar-refractivity contribution in [2.24, 2.45) is 0 Å². The van der Waals surface area contributed by atoms with Crippen LogP contribution in [0.2, 0.25) is 0 Å². The average Bonchev–Trinajstić information content (AvgIpc) is 4.24. The van der Waals surface area contributed by atoms with Crippen molar-refractivity contribution in [2.75, 3.05) is 0 Å². The van der Waals surface area contributed by atoms with Crippen LogP contribution in [-0.2, 0) is 0 Å². The van der Waals surface area contributed by atoms with Crippen LogP contribution >= 0.6 is 0 Å². The second-order valence-electron chi connectivity index (χ2n) is 19.1. The number of rotatable bonds is 5. The Bertz CT molecular complexity index is 4780. The topological polar surface area (TPSA) is 23.6 Å². The van der Waals surface area contributed by atoms with Crippen molar-refractivity contribution >= 4 is 109 Å². The number of hydrogen-bond acceptors (Lipinski definition) is 0. The van der Waals surface area contributed by atoms with Crippen LogP contribution < -0.4 is 0 Å². The van der Waals surface area contributed by atoms with Gasteiger partial charge in [0.2, 0.25) is 5.69 Å². The summed E-state index contributed by atoms with van der Waals surface area (Å²) >= 11 is 0. The second-order valence-corrected chi connectivity index (χ2v) is 19.1. The molecule has 0 bridgehead atoms. The lowest BCUT2D eigenvalue weighted by molar-refractivity contribution is 1.09. The molecule has 0 saturated heterocycles. The predicted molar refractivity (Wildman–Crippen MR) is 301 cm³/mol. The van der Waals surface area contributed by atoms with Gasteiger partial charge in [0.15, 0.2) is 0 Å². The molecule has 5 nitrogen and oxygen atoms in total. The molecule has 0 radical (unpaired) electrons. The van der Waals surface area contributed by atoms with E-state index in [0.29, 0.717) is 5.69 Å². The summed E-state index contributed by atoms with van der Waals surface area (Å²) in [5, 5.41) is 11.4. The fraction of sp³-hybridized carbons (Fsp3) is 0. The van der Waals surface area contributed by atoms with Gasteiger partial charge in [-0.2, -0.15) is 0 Å². The van der Waals surface area contributed by atoms with E-state index in [1.807, 2.05) is 0 Å². The zero-order valence-corrected chi connectivity index (χ0v) is 38.8. The van der Waals surface area contributed by atoms with Crippen molar-refractivity contribution in [3.8, 4) is 39.3 Å². The van der Waals surface area contributed by atoms with E-state index in [4.69, 9.17) is 4.85 Å². The van der Waals surface area contributed by atoms with Crippen molar-refractivity contribution in [1.82, 2.24) is 18.1 Å². The van der Waals surface area contributed by atoms with Gasteiger partial charge in [0.25, 0.3) is 0 Å². The van der Waals surface area contributed by atoms with E-state index in [0.717, 1.165) is 132 Å². The smallest absolute Gasteiger partial charge is 0.236 e. The normalized spacial score (nSPS) is 12.2. The van der Waals surface area contributed by atoms with Crippen molar-refractivity contribution in [3.63, 3.8) is 0 Å². The highest BCUT2D eigenvalue weighted by atomic mass is 15.1. The molecule has 0 saturated carbocycles. The number of nitrogens with zero attached hydrogens (tertiary/aromatic N) is 5. The molecule has 0 fully saturated rings. The Hall–Kier alpha value is -9.89. The van der Waals surface area contributed by atoms with Gasteiger partial charge in [-0.25, -0.2) is 4.85 Å². The molecule has 16 aromatic rings. The maximum absolute atomic E-state index is 9.80. The summed E-state index contributed by atoms with van der Waals surface area (Å²) in [6.07, 6.45) is 0. The quantitative estimate of drug-likeness (QED) is 0.154. The molecule has 0 amide bonds. The van der Waals surface area contributed by atoms with Gasteiger partial charge in [-0.1, -0.05) is 182 Å². The Morgan fingerprint density at radius 3 is 1.12 bits per heavy atom. The molecular weight excluding hydrogens is 875 g/mol. The molecule has 332 valence electrons. The monoisotopic (exact) mass is 913 g/mol. The zero-order chi connectivity index (χ0) is 47.2. The van der Waals surface area contributed by atoms with E-state index in [1.165, 1.54) is 10.8 Å². The Kier molecular flexibility index (Phi) is 7.89. The van der Waals surface area contributed by atoms with E-state index >= 15 is 0 Å². The van der Waals surface area contributed by atoms with Gasteiger partial charge in [-0.3, -0.25) is 0 Å². The fourth-order valence-corrected chi connectivity index (χ4v) is 12.6. The standard InChI is InChI=1S/C67H39N5/c1-68-62-64(69-54-30-13-8-23-45(54)46-24-9-14-31-55(46)69)61-51-29-18-28-50-49-27-12-17-34-58(49)72(63(50)51)65(61)67(66(62)70-56-32-15-10-25-47(56)48-26-11-16-33-57(48)70)71-59-37-35-43(41-19-4-2-5-20-41)39-52(59)53-40-44(36-38-60(53)71)42-21-6-3-7-22-42/h2-40H. The van der Waals surface area contributed by atoms with Crippen LogP contribution in [0.15, 0.2) is 237 Å². The molecule has 72 heavy (non-hydrogen) atoms. The highest BCUT2D eigenvalue weighted by Crippen LogP contribution is 2.54. The minimum Gasteiger partial charge on any atom is -0.318 e. The van der Waals surface area contributed by atoms with Crippen LogP contribution in [-0.4, -0.2) is 18.1 Å². The number of para-hydroxylation sites is 6. The third-order valence-electron chi connectivity index (χ3n) is 15.5. The molecule has 5 heteroatoms. The zero-order valence-electron chi connectivity index (χ0n) is 38.8. The lowest BCUT2D eigenvalue weighted by Gasteiger charge is -2.24. The molecule has 0 unspecified atom stereocenters. The van der Waals surface area contributed by atoms with E-state index < -0.39 is 0 Å². The second kappa shape index (κ2) is 14.6. The van der Waals surface area contributed by atoms with E-state index in [2.05, 4.69) is 255 Å². The first kappa shape index (κ1) is 39.0. The minimum absolute atomic E-state index is 0.575. The first-order chi connectivity index (χ1) is 35.7. The summed E-state index contributed by atoms with van der Waals surface area (Å²) in [6.45, 7) is 9.80. The first-order valence-electron chi connectivity index (χ1n) is 24.6. The van der Waals surface area contributed by atoms with Gasteiger partial charge in [-0.15, -0.1) is 0 Å². The summed E-state index contributed by atoms with van der Waals surface area (Å²) in [5.41, 5.74) is 17.4. The Morgan fingerprint density at radius 1 is 0.264 bits per heavy atom. The summed E-state index contributed by atoms with van der Waals surface area (Å²) < 4.78 is 9.84. The summed E-state index contributed by atoms with van der Waals surface area (Å²) in [7, 11) is 0. The Labute approximate surface area is 412 Å². The molecule has 11 aromatic carbocycles. The fourth-order valence-electron chi connectivity index (χ4n) is 12.6. The van der Waals surface area contributed by atoms with Crippen LogP contribution in [0.3, 0.4) is 0 Å². The van der Waals surface area contributed by atoms with Gasteiger partial charge in [0.1, 0.15) is 0 Å². The maximum Gasteiger partial charge on any atom is 0.236 e. The summed E-state index contributed by atoms with van der Waals surface area (Å²) in [5.74, 6) is 0. The molecule has 0 spiro atoms. The first-order valence-corrected chi connectivity index (χ1v) is 24.6. The minimum atomic E-state index is 0.575. The van der Waals surface area contributed by atoms with Crippen LogP contribution in [0.5, 0.6) is 0 Å². The molecule has 5 aromatic heterocycles. The number of benzene rings is 11. The van der Waals surface area contributed by atoms with Gasteiger partial charge in [0, 0.05) is 53.9 Å². The van der Waals surface area contributed by atoms with Crippen molar-refractivity contribution in [2.45, 2.75) is 0 Å². The van der Waals surface area contributed by atoms with Gasteiger partial charge in [-0.05, 0) is 76.9 Å². The van der Waals surface area contributed by atoms with E-state index in [1.54, 1.807) is 0 Å². The van der Waals surface area contributed by atoms with Crippen molar-refractivity contribution in [3.05, 3.63) is 248 Å². The highest BCUT2D eigenvalue weighted by molar-refractivity contribution is 6.30. The van der Waals surface area contributed by atoms with Crippen LogP contribution in [0.25, 0.3) is 148 Å². The highest BCUT2D eigenvalue weighted by Gasteiger charge is 2.34. The lowest BCUT2D eigenvalue weighted by atomic mass is 10.0. The van der Waals surface area contributed by atoms with Crippen LogP contribution in [0.4, 0.5) is 5.69 Å².